The zero-order chi connectivity index (χ0) is 11.1. The van der Waals surface area contributed by atoms with E-state index in [0.717, 1.165) is 25.3 Å². The fraction of sp³-hybridized carbons (Fsp3) is 0.455. The van der Waals surface area contributed by atoms with E-state index in [9.17, 15) is 0 Å². The van der Waals surface area contributed by atoms with Crippen LogP contribution in [-0.4, -0.2) is 23.0 Å². The Kier molecular flexibility index (Phi) is 5.09. The second-order valence-electron chi connectivity index (χ2n) is 3.23. The van der Waals surface area contributed by atoms with Gasteiger partial charge < -0.3 is 0 Å². The Hall–Kier alpha value is -1.11. The number of pyridine rings is 1. The fourth-order valence-electron chi connectivity index (χ4n) is 1.32. The third-order valence-electron chi connectivity index (χ3n) is 2.15. The van der Waals surface area contributed by atoms with Crippen molar-refractivity contribution in [3.63, 3.8) is 0 Å². The molecule has 0 N–H and O–H groups in total. The molecule has 0 spiro atoms. The molecule has 0 aliphatic rings. The Labute approximate surface area is 95.3 Å². The molecule has 1 rings (SSSR count). The van der Waals surface area contributed by atoms with E-state index in [1.807, 2.05) is 12.1 Å². The first-order valence-corrected chi connectivity index (χ1v) is 5.34. The van der Waals surface area contributed by atoms with Crippen LogP contribution in [-0.2, 0) is 6.54 Å². The van der Waals surface area contributed by atoms with Crippen LogP contribution in [0.3, 0.4) is 0 Å². The van der Waals surface area contributed by atoms with Crippen molar-refractivity contribution in [1.29, 1.82) is 5.26 Å². The predicted octanol–water partition coefficient (Wildman–Crippen LogP) is 2.47. The van der Waals surface area contributed by atoms with E-state index < -0.39 is 0 Å². The molecule has 0 aromatic carbocycles. The van der Waals surface area contributed by atoms with Gasteiger partial charge >= 0.3 is 0 Å². The molecule has 0 amide bonds. The van der Waals surface area contributed by atoms with Crippen molar-refractivity contribution in [1.82, 2.24) is 9.88 Å². The van der Waals surface area contributed by atoms with Crippen molar-refractivity contribution in [3.05, 3.63) is 29.0 Å². The van der Waals surface area contributed by atoms with Crippen LogP contribution in [0.15, 0.2) is 18.2 Å². The lowest BCUT2D eigenvalue weighted by Gasteiger charge is -2.18. The van der Waals surface area contributed by atoms with E-state index in [4.69, 9.17) is 16.9 Å². The number of rotatable bonds is 5. The highest BCUT2D eigenvalue weighted by Gasteiger charge is 2.04. The van der Waals surface area contributed by atoms with E-state index in [2.05, 4.69) is 22.9 Å². The van der Waals surface area contributed by atoms with Crippen molar-refractivity contribution in [2.45, 2.75) is 19.9 Å². The summed E-state index contributed by atoms with van der Waals surface area (Å²) in [5.74, 6) is 0. The van der Waals surface area contributed by atoms with Gasteiger partial charge in [0.05, 0.1) is 11.8 Å². The molecule has 4 heteroatoms. The zero-order valence-electron chi connectivity index (χ0n) is 8.78. The molecule has 0 saturated carbocycles. The molecule has 0 radical (unpaired) electrons. The lowest BCUT2D eigenvalue weighted by Crippen LogP contribution is -2.24. The number of aromatic nitrogens is 1. The van der Waals surface area contributed by atoms with Crippen molar-refractivity contribution in [3.8, 4) is 6.07 Å². The zero-order valence-corrected chi connectivity index (χ0v) is 9.54. The summed E-state index contributed by atoms with van der Waals surface area (Å²) in [6.45, 7) is 4.51. The molecule has 0 fully saturated rings. The maximum atomic E-state index is 8.51. The highest BCUT2D eigenvalue weighted by atomic mass is 35.5. The molecule has 3 nitrogen and oxygen atoms in total. The minimum Gasteiger partial charge on any atom is -0.297 e. The van der Waals surface area contributed by atoms with Gasteiger partial charge in [-0.1, -0.05) is 24.6 Å². The van der Waals surface area contributed by atoms with Gasteiger partial charge in [-0.15, -0.1) is 0 Å². The van der Waals surface area contributed by atoms with Crippen LogP contribution >= 0.6 is 11.6 Å². The van der Waals surface area contributed by atoms with Gasteiger partial charge in [-0.2, -0.15) is 5.26 Å². The topological polar surface area (TPSA) is 39.9 Å². The van der Waals surface area contributed by atoms with Crippen LogP contribution in [0, 0.1) is 11.3 Å². The van der Waals surface area contributed by atoms with Crippen LogP contribution < -0.4 is 0 Å². The number of hydrogen-bond acceptors (Lipinski definition) is 3. The van der Waals surface area contributed by atoms with Crippen LogP contribution in [0.4, 0.5) is 0 Å². The molecule has 0 atom stereocenters. The van der Waals surface area contributed by atoms with E-state index in [1.54, 1.807) is 6.07 Å². The van der Waals surface area contributed by atoms with E-state index in [0.29, 0.717) is 11.6 Å². The number of hydrogen-bond donors (Lipinski definition) is 0. The average molecular weight is 224 g/mol. The number of nitrogens with zero attached hydrogens (tertiary/aromatic N) is 3. The highest BCUT2D eigenvalue weighted by molar-refractivity contribution is 6.29. The third-order valence-corrected chi connectivity index (χ3v) is 2.36. The largest absolute Gasteiger partial charge is 0.297 e. The second kappa shape index (κ2) is 6.39. The van der Waals surface area contributed by atoms with E-state index in [-0.39, 0.29) is 0 Å². The van der Waals surface area contributed by atoms with Crippen LogP contribution in [0.5, 0.6) is 0 Å². The minimum absolute atomic E-state index is 0.517. The summed E-state index contributed by atoms with van der Waals surface area (Å²) < 4.78 is 0. The van der Waals surface area contributed by atoms with Crippen molar-refractivity contribution >= 4 is 11.6 Å². The summed E-state index contributed by atoms with van der Waals surface area (Å²) >= 11 is 5.79. The molecule has 15 heavy (non-hydrogen) atoms. The smallest absolute Gasteiger partial charge is 0.129 e. The highest BCUT2D eigenvalue weighted by Crippen LogP contribution is 2.07. The normalized spacial score (nSPS) is 10.3. The van der Waals surface area contributed by atoms with E-state index >= 15 is 0 Å². The Bertz CT molecular complexity index is 346. The third kappa shape index (κ3) is 4.28. The van der Waals surface area contributed by atoms with Gasteiger partial charge in [-0.25, -0.2) is 4.98 Å². The molecule has 0 aliphatic heterocycles. The maximum absolute atomic E-state index is 8.51. The Morgan fingerprint density at radius 3 is 2.93 bits per heavy atom. The fourth-order valence-corrected chi connectivity index (χ4v) is 1.51. The number of halogens is 1. The summed E-state index contributed by atoms with van der Waals surface area (Å²) in [5, 5.41) is 9.02. The first-order valence-electron chi connectivity index (χ1n) is 4.97. The standard InChI is InChI=1S/C11H14ClN3/c1-2-15(8-4-7-13)9-10-5-3-6-11(12)14-10/h3,5-6H,2,4,8-9H2,1H3. The first kappa shape index (κ1) is 12.0. The molecule has 0 aliphatic carbocycles. The van der Waals surface area contributed by atoms with Gasteiger partial charge in [-0.3, -0.25) is 4.90 Å². The summed E-state index contributed by atoms with van der Waals surface area (Å²) in [7, 11) is 0. The van der Waals surface area contributed by atoms with Crippen LogP contribution in [0.1, 0.15) is 19.0 Å². The molecule has 1 aromatic heterocycles. The monoisotopic (exact) mass is 223 g/mol. The Morgan fingerprint density at radius 2 is 2.33 bits per heavy atom. The van der Waals surface area contributed by atoms with Crippen molar-refractivity contribution in [2.24, 2.45) is 0 Å². The lowest BCUT2D eigenvalue weighted by molar-refractivity contribution is 0.283. The molecule has 0 bridgehead atoms. The van der Waals surface area contributed by atoms with Gasteiger partial charge in [0, 0.05) is 19.5 Å². The quantitative estimate of drug-likeness (QED) is 0.720. The second-order valence-corrected chi connectivity index (χ2v) is 3.62. The predicted molar refractivity (Wildman–Crippen MR) is 60.4 cm³/mol. The molecular weight excluding hydrogens is 210 g/mol. The summed E-state index contributed by atoms with van der Waals surface area (Å²) in [4.78, 5) is 6.38. The SMILES string of the molecule is CCN(CCC#N)Cc1cccc(Cl)n1. The van der Waals surface area contributed by atoms with Gasteiger partial charge in [-0.05, 0) is 18.7 Å². The lowest BCUT2D eigenvalue weighted by atomic mass is 10.3. The Morgan fingerprint density at radius 1 is 1.53 bits per heavy atom. The number of nitriles is 1. The van der Waals surface area contributed by atoms with Crippen molar-refractivity contribution < 1.29 is 0 Å². The maximum Gasteiger partial charge on any atom is 0.129 e. The van der Waals surface area contributed by atoms with Crippen molar-refractivity contribution in [2.75, 3.05) is 13.1 Å². The molecule has 0 unspecified atom stereocenters. The Balaban J connectivity index is 2.55. The van der Waals surface area contributed by atoms with Gasteiger partial charge in [0.2, 0.25) is 0 Å². The summed E-state index contributed by atoms with van der Waals surface area (Å²) in [6.07, 6.45) is 0.550. The first-order chi connectivity index (χ1) is 7.26. The average Bonchev–Trinajstić information content (AvgIpc) is 2.24. The summed E-state index contributed by atoms with van der Waals surface area (Å²) in [6, 6.07) is 7.74. The molecule has 80 valence electrons. The van der Waals surface area contributed by atoms with Crippen LogP contribution in [0.25, 0.3) is 0 Å². The van der Waals surface area contributed by atoms with Gasteiger partial charge in [0.15, 0.2) is 0 Å². The van der Waals surface area contributed by atoms with Crippen LogP contribution in [0.2, 0.25) is 5.15 Å². The molecule has 0 saturated heterocycles. The van der Waals surface area contributed by atoms with Gasteiger partial charge in [0.1, 0.15) is 5.15 Å². The molecule has 1 heterocycles. The van der Waals surface area contributed by atoms with E-state index in [1.165, 1.54) is 0 Å². The minimum atomic E-state index is 0.517. The summed E-state index contributed by atoms with van der Waals surface area (Å²) in [5.41, 5.74) is 0.947. The van der Waals surface area contributed by atoms with Gasteiger partial charge in [0.25, 0.3) is 0 Å². The molecular formula is C11H14ClN3. The molecule has 1 aromatic rings.